The van der Waals surface area contributed by atoms with Crippen molar-refractivity contribution in [3.05, 3.63) is 188 Å². The third kappa shape index (κ3) is 6.96. The van der Waals surface area contributed by atoms with E-state index in [1.54, 1.807) is 29.2 Å². The Labute approximate surface area is 331 Å². The van der Waals surface area contributed by atoms with Crippen LogP contribution in [0.4, 0.5) is 58.9 Å². The van der Waals surface area contributed by atoms with E-state index >= 15 is 0 Å². The number of aromatic nitrogens is 2. The lowest BCUT2D eigenvalue weighted by Gasteiger charge is -2.37. The van der Waals surface area contributed by atoms with Gasteiger partial charge in [-0.15, -0.1) is 0 Å². The molecular formula is C47H32F3N5O3. The Hall–Kier alpha value is -7.79. The van der Waals surface area contributed by atoms with E-state index in [0.717, 1.165) is 12.1 Å². The van der Waals surface area contributed by atoms with Crippen LogP contribution in [-0.2, 0) is 6.18 Å². The Morgan fingerprint density at radius 1 is 0.621 bits per heavy atom. The predicted molar refractivity (Wildman–Crippen MR) is 220 cm³/mol. The Morgan fingerprint density at radius 3 is 1.88 bits per heavy atom. The number of alkyl halides is 3. The summed E-state index contributed by atoms with van der Waals surface area (Å²) in [6.45, 7) is 0. The maximum Gasteiger partial charge on any atom is 0.416 e. The van der Waals surface area contributed by atoms with Crippen LogP contribution in [0.2, 0.25) is 0 Å². The van der Waals surface area contributed by atoms with E-state index in [2.05, 4.69) is 5.32 Å². The first-order chi connectivity index (χ1) is 28.3. The lowest BCUT2D eigenvalue weighted by molar-refractivity contribution is -0.137. The Morgan fingerprint density at radius 2 is 1.21 bits per heavy atom. The molecule has 284 valence electrons. The zero-order valence-electron chi connectivity index (χ0n) is 30.5. The number of aromatic hydroxyl groups is 1. The third-order valence-electron chi connectivity index (χ3n) is 9.45. The van der Waals surface area contributed by atoms with Gasteiger partial charge >= 0.3 is 6.18 Å². The van der Waals surface area contributed by atoms with Crippen LogP contribution in [0, 0.1) is 0 Å². The van der Waals surface area contributed by atoms with Crippen LogP contribution in [-0.4, -0.2) is 15.1 Å². The summed E-state index contributed by atoms with van der Waals surface area (Å²) in [6, 6.07) is 52.8. The summed E-state index contributed by atoms with van der Waals surface area (Å²) in [4.78, 5) is 14.1. The van der Waals surface area contributed by atoms with Crippen molar-refractivity contribution in [3.63, 3.8) is 0 Å². The molecule has 11 heteroatoms. The number of rotatable bonds is 9. The molecule has 1 aromatic heterocycles. The first-order valence-corrected chi connectivity index (χ1v) is 18.3. The van der Waals surface area contributed by atoms with Crippen molar-refractivity contribution in [2.75, 3.05) is 15.1 Å². The SMILES string of the molecule is Oc1ccccc1N(c1ccccc1)c1nc(-c2ccc(C(F)(F)F)cc2)nc(Nc2ccccc2Oc2ccccc2)c1N1c2ccccc2Oc2ccccc21. The van der Waals surface area contributed by atoms with Crippen molar-refractivity contribution in [1.82, 2.24) is 9.97 Å². The highest BCUT2D eigenvalue weighted by Gasteiger charge is 2.35. The van der Waals surface area contributed by atoms with Crippen LogP contribution in [0.5, 0.6) is 28.7 Å². The van der Waals surface area contributed by atoms with E-state index in [0.29, 0.717) is 62.7 Å². The van der Waals surface area contributed by atoms with Crippen LogP contribution in [0.15, 0.2) is 182 Å². The second kappa shape index (κ2) is 15.0. The molecule has 0 saturated heterocycles. The molecule has 8 nitrogen and oxygen atoms in total. The number of benzene rings is 7. The van der Waals surface area contributed by atoms with E-state index in [4.69, 9.17) is 19.4 Å². The van der Waals surface area contributed by atoms with Crippen molar-refractivity contribution in [3.8, 4) is 40.1 Å². The maximum absolute atomic E-state index is 13.8. The van der Waals surface area contributed by atoms with Gasteiger partial charge in [0.05, 0.1) is 28.3 Å². The summed E-state index contributed by atoms with van der Waals surface area (Å²) < 4.78 is 54.2. The Kier molecular flexibility index (Phi) is 9.30. The van der Waals surface area contributed by atoms with Gasteiger partial charge in [-0.2, -0.15) is 13.2 Å². The van der Waals surface area contributed by atoms with Crippen LogP contribution in [0.1, 0.15) is 5.56 Å². The zero-order valence-corrected chi connectivity index (χ0v) is 30.5. The number of anilines is 8. The van der Waals surface area contributed by atoms with Crippen molar-refractivity contribution >= 4 is 45.8 Å². The quantitative estimate of drug-likeness (QED) is 0.150. The molecule has 58 heavy (non-hydrogen) atoms. The molecule has 2 N–H and O–H groups in total. The third-order valence-corrected chi connectivity index (χ3v) is 9.45. The van der Waals surface area contributed by atoms with Crippen molar-refractivity contribution < 1.29 is 27.8 Å². The molecule has 0 spiro atoms. The number of nitrogens with one attached hydrogen (secondary N) is 1. The molecule has 0 unspecified atom stereocenters. The summed E-state index contributed by atoms with van der Waals surface area (Å²) in [7, 11) is 0. The molecule has 9 rings (SSSR count). The zero-order chi connectivity index (χ0) is 39.6. The number of hydrogen-bond acceptors (Lipinski definition) is 8. The van der Waals surface area contributed by atoms with Gasteiger partial charge in [-0.05, 0) is 84.9 Å². The van der Waals surface area contributed by atoms with Crippen molar-refractivity contribution in [2.45, 2.75) is 6.18 Å². The summed E-state index contributed by atoms with van der Waals surface area (Å²) in [5.74, 6) is 2.85. The highest BCUT2D eigenvalue weighted by Crippen LogP contribution is 2.56. The van der Waals surface area contributed by atoms with E-state index in [9.17, 15) is 18.3 Å². The van der Waals surface area contributed by atoms with Gasteiger partial charge in [-0.1, -0.05) is 97.1 Å². The highest BCUT2D eigenvalue weighted by molar-refractivity contribution is 6.00. The molecule has 7 aromatic carbocycles. The molecule has 1 aliphatic rings. The average Bonchev–Trinajstić information content (AvgIpc) is 3.25. The van der Waals surface area contributed by atoms with E-state index in [1.165, 1.54) is 12.1 Å². The molecule has 0 aliphatic carbocycles. The molecule has 0 fully saturated rings. The van der Waals surface area contributed by atoms with Crippen LogP contribution in [0.25, 0.3) is 11.4 Å². The fourth-order valence-electron chi connectivity index (χ4n) is 6.78. The molecular weight excluding hydrogens is 740 g/mol. The molecule has 0 radical (unpaired) electrons. The summed E-state index contributed by atoms with van der Waals surface area (Å²) in [5, 5.41) is 15.1. The van der Waals surface area contributed by atoms with E-state index in [1.807, 2.05) is 138 Å². The second-order valence-corrected chi connectivity index (χ2v) is 13.2. The lowest BCUT2D eigenvalue weighted by atomic mass is 10.1. The number of phenols is 1. The number of nitrogens with zero attached hydrogens (tertiary/aromatic N) is 4. The first kappa shape index (κ1) is 35.9. The number of fused-ring (bicyclic) bond motifs is 2. The van der Waals surface area contributed by atoms with Gasteiger partial charge in [-0.3, -0.25) is 9.80 Å². The van der Waals surface area contributed by atoms with Crippen LogP contribution < -0.4 is 24.6 Å². The highest BCUT2D eigenvalue weighted by atomic mass is 19.4. The standard InChI is InChI=1S/C47H32F3N5O3/c48-47(49,50)32-29-27-31(28-30-32)44-52-45(51-35-19-7-12-24-40(35)57-34-17-5-2-6-18-34)43(55-37-21-9-13-25-41(37)58-42-26-14-10-22-38(42)55)46(53-44)54(33-15-3-1-4-16-33)36-20-8-11-23-39(36)56/h1-30,56H,(H,51,52,53). The van der Waals surface area contributed by atoms with Gasteiger partial charge < -0.3 is 19.9 Å². The number of phenolic OH excluding ortho intramolecular Hbond substituents is 1. The predicted octanol–water partition coefficient (Wildman–Crippen LogP) is 13.4. The molecule has 2 heterocycles. The monoisotopic (exact) mass is 771 g/mol. The Balaban J connectivity index is 1.37. The molecule has 0 atom stereocenters. The van der Waals surface area contributed by atoms with Crippen LogP contribution >= 0.6 is 0 Å². The minimum absolute atomic E-state index is 0.0362. The summed E-state index contributed by atoms with van der Waals surface area (Å²) >= 11 is 0. The van der Waals surface area contributed by atoms with Crippen molar-refractivity contribution in [2.24, 2.45) is 0 Å². The van der Waals surface area contributed by atoms with Gasteiger partial charge in [0.1, 0.15) is 17.2 Å². The second-order valence-electron chi connectivity index (χ2n) is 13.2. The van der Waals surface area contributed by atoms with Gasteiger partial charge in [0, 0.05) is 11.3 Å². The van der Waals surface area contributed by atoms with Gasteiger partial charge in [-0.25, -0.2) is 9.97 Å². The van der Waals surface area contributed by atoms with Gasteiger partial charge in [0.25, 0.3) is 0 Å². The Bertz CT molecular complexity index is 2690. The van der Waals surface area contributed by atoms with E-state index in [-0.39, 0.29) is 23.2 Å². The van der Waals surface area contributed by atoms with Crippen molar-refractivity contribution in [1.29, 1.82) is 0 Å². The largest absolute Gasteiger partial charge is 0.506 e. The first-order valence-electron chi connectivity index (χ1n) is 18.3. The van der Waals surface area contributed by atoms with Gasteiger partial charge in [0.15, 0.2) is 34.7 Å². The minimum atomic E-state index is -4.55. The summed E-state index contributed by atoms with van der Waals surface area (Å²) in [5.41, 5.74) is 2.84. The number of para-hydroxylation sites is 10. The molecule has 0 saturated carbocycles. The number of hydrogen-bond donors (Lipinski definition) is 2. The molecule has 1 aliphatic heterocycles. The number of halogens is 3. The normalized spacial score (nSPS) is 11.9. The lowest BCUT2D eigenvalue weighted by Crippen LogP contribution is -2.23. The van der Waals surface area contributed by atoms with E-state index < -0.39 is 11.7 Å². The van der Waals surface area contributed by atoms with Crippen LogP contribution in [0.3, 0.4) is 0 Å². The maximum atomic E-state index is 13.8. The fourth-order valence-corrected chi connectivity index (χ4v) is 6.78. The average molecular weight is 772 g/mol. The summed E-state index contributed by atoms with van der Waals surface area (Å²) in [6.07, 6.45) is -4.55. The molecule has 0 bridgehead atoms. The molecule has 8 aromatic rings. The smallest absolute Gasteiger partial charge is 0.416 e. The number of ether oxygens (including phenoxy) is 2. The topological polar surface area (TPSA) is 83.0 Å². The fraction of sp³-hybridized carbons (Fsp3) is 0.0213. The molecule has 0 amide bonds. The minimum Gasteiger partial charge on any atom is -0.506 e. The van der Waals surface area contributed by atoms with Gasteiger partial charge in [0.2, 0.25) is 0 Å².